The van der Waals surface area contributed by atoms with E-state index in [1.165, 1.54) is 4.88 Å². The number of thiophene rings is 1. The zero-order chi connectivity index (χ0) is 24.8. The summed E-state index contributed by atoms with van der Waals surface area (Å²) in [5, 5.41) is 33.4. The van der Waals surface area contributed by atoms with Crippen molar-refractivity contribution in [3.63, 3.8) is 0 Å². The van der Waals surface area contributed by atoms with Crippen molar-refractivity contribution in [2.24, 2.45) is 22.6 Å². The Labute approximate surface area is 205 Å². The van der Waals surface area contributed by atoms with Gasteiger partial charge >= 0.3 is 7.12 Å². The number of aliphatic imine (C=N–C) groups is 1. The number of carbonyl (C=O) groups excluding carboxylic acids is 2. The SMILES string of the molecule is C.CC(C)C[C@H](NC(=O)[C@H](CCCN=C(N)N[N+](=O)[O-])CC(=O)CCCc1cccs1)B(O)O. The minimum absolute atomic E-state index is 0. The number of nitro groups is 1. The first-order valence-corrected chi connectivity index (χ1v) is 11.9. The van der Waals surface area contributed by atoms with Gasteiger partial charge in [-0.05, 0) is 49.5 Å². The molecule has 0 aliphatic carbocycles. The van der Waals surface area contributed by atoms with E-state index in [4.69, 9.17) is 5.73 Å². The molecule has 11 nitrogen and oxygen atoms in total. The fraction of sp³-hybridized carbons (Fsp3) is 0.667. The minimum atomic E-state index is -1.71. The van der Waals surface area contributed by atoms with Gasteiger partial charge in [0.25, 0.3) is 5.96 Å². The Balaban J connectivity index is 0.0000109. The van der Waals surface area contributed by atoms with Crippen LogP contribution < -0.4 is 16.5 Å². The number of nitrogens with two attached hydrogens (primary N) is 1. The van der Waals surface area contributed by atoms with Crippen molar-refractivity contribution in [2.45, 2.75) is 72.2 Å². The Morgan fingerprint density at radius 1 is 1.32 bits per heavy atom. The second-order valence-corrected chi connectivity index (χ2v) is 9.34. The normalized spacial score (nSPS) is 13.0. The van der Waals surface area contributed by atoms with E-state index in [-0.39, 0.29) is 38.1 Å². The van der Waals surface area contributed by atoms with Crippen molar-refractivity contribution in [2.75, 3.05) is 6.54 Å². The molecule has 1 aromatic rings. The van der Waals surface area contributed by atoms with Gasteiger partial charge in [-0.1, -0.05) is 32.8 Å². The summed E-state index contributed by atoms with van der Waals surface area (Å²) in [5.74, 6) is -2.21. The molecule has 13 heteroatoms. The molecule has 6 N–H and O–H groups in total. The summed E-state index contributed by atoms with van der Waals surface area (Å²) in [5.41, 5.74) is 7.12. The molecule has 1 rings (SSSR count). The molecular formula is C21H38BN5O6S. The van der Waals surface area contributed by atoms with Crippen LogP contribution in [0.5, 0.6) is 0 Å². The first-order valence-electron chi connectivity index (χ1n) is 11.0. The third-order valence-electron chi connectivity index (χ3n) is 4.92. The molecule has 2 atom stereocenters. The summed E-state index contributed by atoms with van der Waals surface area (Å²) in [6, 6.07) is 3.97. The van der Waals surface area contributed by atoms with E-state index in [1.54, 1.807) is 16.8 Å². The number of rotatable bonds is 16. The molecule has 0 fully saturated rings. The quantitative estimate of drug-likeness (QED) is 0.0569. The fourth-order valence-corrected chi connectivity index (χ4v) is 4.10. The van der Waals surface area contributed by atoms with Crippen molar-refractivity contribution in [1.82, 2.24) is 10.7 Å². The van der Waals surface area contributed by atoms with Crippen LogP contribution in [-0.2, 0) is 16.0 Å². The topological polar surface area (TPSA) is 180 Å². The lowest BCUT2D eigenvalue weighted by Gasteiger charge is -2.23. The molecule has 0 aliphatic rings. The molecule has 1 aromatic heterocycles. The monoisotopic (exact) mass is 499 g/mol. The molecule has 0 radical (unpaired) electrons. The number of Topliss-reactive ketones (excluding diaryl/α,β-unsaturated/α-hetero) is 1. The number of aryl methyl sites for hydroxylation is 1. The van der Waals surface area contributed by atoms with Gasteiger partial charge in [-0.2, -0.15) is 0 Å². The first-order chi connectivity index (χ1) is 15.6. The third-order valence-corrected chi connectivity index (χ3v) is 5.85. The summed E-state index contributed by atoms with van der Waals surface area (Å²) in [6.07, 6.45) is 2.90. The van der Waals surface area contributed by atoms with E-state index in [0.717, 1.165) is 6.42 Å². The maximum absolute atomic E-state index is 12.9. The summed E-state index contributed by atoms with van der Waals surface area (Å²) in [6.45, 7) is 3.94. The average Bonchev–Trinajstić information content (AvgIpc) is 3.22. The highest BCUT2D eigenvalue weighted by molar-refractivity contribution is 7.09. The highest BCUT2D eigenvalue weighted by Gasteiger charge is 2.29. The van der Waals surface area contributed by atoms with Crippen LogP contribution in [0.2, 0.25) is 0 Å². The Hall–Kier alpha value is -2.51. The van der Waals surface area contributed by atoms with Gasteiger partial charge in [0, 0.05) is 30.2 Å². The lowest BCUT2D eigenvalue weighted by molar-refractivity contribution is -0.525. The van der Waals surface area contributed by atoms with Gasteiger partial charge in [0.15, 0.2) is 5.03 Å². The van der Waals surface area contributed by atoms with Crippen LogP contribution in [0.1, 0.15) is 64.7 Å². The van der Waals surface area contributed by atoms with E-state index >= 15 is 0 Å². The van der Waals surface area contributed by atoms with Gasteiger partial charge in [0.2, 0.25) is 5.91 Å². The molecule has 0 unspecified atom stereocenters. The molecule has 0 saturated carbocycles. The van der Waals surface area contributed by atoms with Gasteiger partial charge in [0.1, 0.15) is 5.78 Å². The number of ketones is 1. The van der Waals surface area contributed by atoms with E-state index in [9.17, 15) is 29.8 Å². The van der Waals surface area contributed by atoms with Gasteiger partial charge < -0.3 is 21.1 Å². The van der Waals surface area contributed by atoms with Crippen molar-refractivity contribution in [1.29, 1.82) is 0 Å². The van der Waals surface area contributed by atoms with Gasteiger partial charge in [-0.15, -0.1) is 11.3 Å². The minimum Gasteiger partial charge on any atom is -0.426 e. The lowest BCUT2D eigenvalue weighted by atomic mass is 9.74. The second-order valence-electron chi connectivity index (χ2n) is 8.31. The molecule has 0 aliphatic heterocycles. The highest BCUT2D eigenvalue weighted by Crippen LogP contribution is 2.18. The van der Waals surface area contributed by atoms with E-state index in [1.807, 2.05) is 31.4 Å². The molecule has 1 heterocycles. The number of nitrogens with one attached hydrogen (secondary N) is 2. The lowest BCUT2D eigenvalue weighted by Crippen LogP contribution is -2.49. The predicted octanol–water partition coefficient (Wildman–Crippen LogP) is 1.70. The van der Waals surface area contributed by atoms with Crippen LogP contribution in [-0.4, -0.2) is 52.3 Å². The Morgan fingerprint density at radius 3 is 2.59 bits per heavy atom. The zero-order valence-corrected chi connectivity index (χ0v) is 19.9. The molecule has 34 heavy (non-hydrogen) atoms. The van der Waals surface area contributed by atoms with Crippen LogP contribution in [0.4, 0.5) is 0 Å². The Kier molecular flexibility index (Phi) is 15.8. The first kappa shape index (κ1) is 31.5. The maximum atomic E-state index is 12.9. The van der Waals surface area contributed by atoms with Crippen LogP contribution in [0.25, 0.3) is 0 Å². The molecule has 192 valence electrons. The van der Waals surface area contributed by atoms with Crippen molar-refractivity contribution in [3.05, 3.63) is 32.5 Å². The fourth-order valence-electron chi connectivity index (χ4n) is 3.35. The molecular weight excluding hydrogens is 461 g/mol. The second kappa shape index (κ2) is 17.0. The smallest absolute Gasteiger partial charge is 0.426 e. The van der Waals surface area contributed by atoms with E-state index < -0.39 is 29.9 Å². The molecule has 0 bridgehead atoms. The summed E-state index contributed by atoms with van der Waals surface area (Å²) in [4.78, 5) is 40.8. The van der Waals surface area contributed by atoms with Gasteiger partial charge in [-0.3, -0.25) is 9.59 Å². The number of hydrazine groups is 1. The Bertz CT molecular complexity index is 776. The standard InChI is InChI=1S/C20H34BN5O6S.CH4/c1-14(2)12-18(21(29)30)24-19(28)15(6-4-10-23-20(22)25-26(31)32)13-16(27)7-3-8-17-9-5-11-33-17;/h5,9,11,14-15,18,29-30H,3-4,6-8,10,12-13H2,1-2H3,(H,24,28)(H3,22,23,25);1H4/t15-,18+;/m1./s1. The van der Waals surface area contributed by atoms with Gasteiger partial charge in [-0.25, -0.2) is 15.1 Å². The predicted molar refractivity (Wildman–Crippen MR) is 135 cm³/mol. The molecule has 0 saturated heterocycles. The summed E-state index contributed by atoms with van der Waals surface area (Å²) < 4.78 is 0. The van der Waals surface area contributed by atoms with Crippen molar-refractivity contribution >= 4 is 36.1 Å². The van der Waals surface area contributed by atoms with Crippen LogP contribution in [0.15, 0.2) is 22.5 Å². The number of nitrogens with zero attached hydrogens (tertiary/aromatic N) is 2. The molecule has 0 aromatic carbocycles. The number of hydrogen-bond donors (Lipinski definition) is 5. The number of guanidine groups is 1. The number of hydrogen-bond acceptors (Lipinski definition) is 8. The maximum Gasteiger partial charge on any atom is 0.475 e. The van der Waals surface area contributed by atoms with Crippen molar-refractivity contribution in [3.8, 4) is 0 Å². The van der Waals surface area contributed by atoms with Crippen LogP contribution in [0.3, 0.4) is 0 Å². The van der Waals surface area contributed by atoms with Crippen molar-refractivity contribution < 1.29 is 24.7 Å². The van der Waals surface area contributed by atoms with Crippen LogP contribution in [0, 0.1) is 22.0 Å². The van der Waals surface area contributed by atoms with E-state index in [0.29, 0.717) is 32.1 Å². The largest absolute Gasteiger partial charge is 0.475 e. The third kappa shape index (κ3) is 13.9. The highest BCUT2D eigenvalue weighted by atomic mass is 32.1. The summed E-state index contributed by atoms with van der Waals surface area (Å²) in [7, 11) is -1.71. The van der Waals surface area contributed by atoms with E-state index in [2.05, 4.69) is 10.3 Å². The summed E-state index contributed by atoms with van der Waals surface area (Å²) >= 11 is 1.63. The number of amides is 1. The van der Waals surface area contributed by atoms with Crippen LogP contribution >= 0.6 is 11.3 Å². The molecule has 1 amide bonds. The van der Waals surface area contributed by atoms with Gasteiger partial charge in [0.05, 0.1) is 5.94 Å². The molecule has 0 spiro atoms. The Morgan fingerprint density at radius 2 is 2.03 bits per heavy atom. The number of carbonyl (C=O) groups is 2. The zero-order valence-electron chi connectivity index (χ0n) is 19.1. The average molecular weight is 499 g/mol.